The van der Waals surface area contributed by atoms with Gasteiger partial charge in [0.15, 0.2) is 5.17 Å². The fraction of sp³-hybridized carbons (Fsp3) is 0.267. The Kier molecular flexibility index (Phi) is 7.33. The van der Waals surface area contributed by atoms with E-state index in [9.17, 15) is 9.59 Å². The van der Waals surface area contributed by atoms with Crippen LogP contribution in [0.4, 0.5) is 5.69 Å². The number of thioether (sulfide) groups is 1. The summed E-state index contributed by atoms with van der Waals surface area (Å²) in [6.45, 7) is 6.03. The first-order valence-electron chi connectivity index (χ1n) is 12.5. The fourth-order valence-corrected chi connectivity index (χ4v) is 5.79. The molecule has 8 heteroatoms. The van der Waals surface area contributed by atoms with E-state index in [0.717, 1.165) is 39.4 Å². The van der Waals surface area contributed by atoms with Gasteiger partial charge in [-0.25, -0.2) is 5.01 Å². The number of aliphatic imine (C=N–C) groups is 1. The quantitative estimate of drug-likeness (QED) is 0.439. The molecular formula is C30H30N4O3S. The second-order valence-electron chi connectivity index (χ2n) is 9.72. The van der Waals surface area contributed by atoms with Crippen molar-refractivity contribution in [3.05, 3.63) is 94.5 Å². The van der Waals surface area contributed by atoms with Crippen LogP contribution in [-0.4, -0.2) is 40.1 Å². The van der Waals surface area contributed by atoms with Gasteiger partial charge in [0.1, 0.15) is 11.0 Å². The van der Waals surface area contributed by atoms with Gasteiger partial charge in [-0.2, -0.15) is 10.1 Å². The van der Waals surface area contributed by atoms with Gasteiger partial charge in [0.05, 0.1) is 18.9 Å². The third kappa shape index (κ3) is 5.65. The van der Waals surface area contributed by atoms with Gasteiger partial charge >= 0.3 is 0 Å². The first kappa shape index (κ1) is 25.7. The molecular weight excluding hydrogens is 496 g/mol. The van der Waals surface area contributed by atoms with Gasteiger partial charge in [-0.05, 0) is 79.4 Å². The SMILES string of the molecule is COc1ccc(C2=NN(C3=NC(=O)[C@H](CC(=O)Nc4cc(C)cc(C)c4)S3)[C@H](c3ccc(C)cc3)C2)cc1. The second kappa shape index (κ2) is 10.8. The van der Waals surface area contributed by atoms with Crippen molar-refractivity contribution >= 4 is 40.1 Å². The topological polar surface area (TPSA) is 83.4 Å². The highest BCUT2D eigenvalue weighted by Gasteiger charge is 2.39. The Morgan fingerprint density at radius 1 is 1.00 bits per heavy atom. The van der Waals surface area contributed by atoms with E-state index in [1.807, 2.05) is 61.3 Å². The van der Waals surface area contributed by atoms with Crippen molar-refractivity contribution in [1.29, 1.82) is 0 Å². The number of hydrogen-bond donors (Lipinski definition) is 1. The minimum absolute atomic E-state index is 0.0432. The highest BCUT2D eigenvalue weighted by Crippen LogP contribution is 2.39. The summed E-state index contributed by atoms with van der Waals surface area (Å²) < 4.78 is 5.30. The lowest BCUT2D eigenvalue weighted by atomic mass is 9.98. The minimum atomic E-state index is -0.588. The molecule has 2 heterocycles. The number of rotatable bonds is 6. The van der Waals surface area contributed by atoms with Crippen LogP contribution in [0.25, 0.3) is 0 Å². The van der Waals surface area contributed by atoms with E-state index < -0.39 is 5.25 Å². The Morgan fingerprint density at radius 2 is 1.68 bits per heavy atom. The minimum Gasteiger partial charge on any atom is -0.497 e. The van der Waals surface area contributed by atoms with Gasteiger partial charge in [0, 0.05) is 18.5 Å². The Balaban J connectivity index is 1.35. The number of carbonyl (C=O) groups excluding carboxylic acids is 2. The molecule has 0 aromatic heterocycles. The molecule has 0 saturated carbocycles. The number of amidine groups is 1. The normalized spacial score (nSPS) is 18.8. The van der Waals surface area contributed by atoms with Crippen LogP contribution in [0.5, 0.6) is 5.75 Å². The van der Waals surface area contributed by atoms with Gasteiger partial charge < -0.3 is 10.1 Å². The molecule has 0 spiro atoms. The molecule has 0 saturated heterocycles. The van der Waals surface area contributed by atoms with Crippen molar-refractivity contribution in [3.63, 3.8) is 0 Å². The molecule has 2 aliphatic heterocycles. The average molecular weight is 527 g/mol. The van der Waals surface area contributed by atoms with Crippen LogP contribution in [0.2, 0.25) is 0 Å². The molecule has 7 nitrogen and oxygen atoms in total. The number of amides is 2. The lowest BCUT2D eigenvalue weighted by Gasteiger charge is -2.23. The number of carbonyl (C=O) groups is 2. The monoisotopic (exact) mass is 526 g/mol. The van der Waals surface area contributed by atoms with Gasteiger partial charge in [0.2, 0.25) is 5.91 Å². The van der Waals surface area contributed by atoms with Crippen molar-refractivity contribution < 1.29 is 14.3 Å². The summed E-state index contributed by atoms with van der Waals surface area (Å²) in [5, 5.41) is 9.62. The first-order valence-corrected chi connectivity index (χ1v) is 13.4. The van der Waals surface area contributed by atoms with E-state index in [0.29, 0.717) is 11.6 Å². The number of nitrogens with one attached hydrogen (secondary N) is 1. The number of nitrogens with zero attached hydrogens (tertiary/aromatic N) is 3. The lowest BCUT2D eigenvalue weighted by Crippen LogP contribution is -2.25. The van der Waals surface area contributed by atoms with Gasteiger partial charge in [-0.15, -0.1) is 0 Å². The average Bonchev–Trinajstić information content (AvgIpc) is 3.48. The number of benzene rings is 3. The Morgan fingerprint density at radius 3 is 2.34 bits per heavy atom. The van der Waals surface area contributed by atoms with E-state index >= 15 is 0 Å². The van der Waals surface area contributed by atoms with Crippen molar-refractivity contribution in [2.45, 2.75) is 44.9 Å². The summed E-state index contributed by atoms with van der Waals surface area (Å²) in [4.78, 5) is 30.0. The van der Waals surface area contributed by atoms with E-state index in [4.69, 9.17) is 9.84 Å². The molecule has 2 aliphatic rings. The van der Waals surface area contributed by atoms with Gasteiger partial charge in [0.25, 0.3) is 5.91 Å². The number of ether oxygens (including phenoxy) is 1. The third-order valence-electron chi connectivity index (χ3n) is 6.60. The zero-order valence-electron chi connectivity index (χ0n) is 21.9. The second-order valence-corrected chi connectivity index (χ2v) is 10.9. The highest BCUT2D eigenvalue weighted by atomic mass is 32.2. The van der Waals surface area contributed by atoms with E-state index in [1.54, 1.807) is 7.11 Å². The zero-order valence-corrected chi connectivity index (χ0v) is 22.7. The molecule has 5 rings (SSSR count). The maximum Gasteiger partial charge on any atom is 0.262 e. The molecule has 0 bridgehead atoms. The van der Waals surface area contributed by atoms with Crippen LogP contribution >= 0.6 is 11.8 Å². The molecule has 38 heavy (non-hydrogen) atoms. The van der Waals surface area contributed by atoms with Crippen LogP contribution in [0, 0.1) is 20.8 Å². The number of hydrogen-bond acceptors (Lipinski definition) is 6. The van der Waals surface area contributed by atoms with Crippen molar-refractivity contribution in [2.24, 2.45) is 10.1 Å². The zero-order chi connectivity index (χ0) is 26.8. The van der Waals surface area contributed by atoms with E-state index in [-0.39, 0.29) is 24.3 Å². The molecule has 1 N–H and O–H groups in total. The van der Waals surface area contributed by atoms with Crippen LogP contribution in [0.15, 0.2) is 76.8 Å². The van der Waals surface area contributed by atoms with E-state index in [2.05, 4.69) is 41.5 Å². The predicted molar refractivity (Wildman–Crippen MR) is 153 cm³/mol. The summed E-state index contributed by atoms with van der Waals surface area (Å²) in [5.74, 6) is 0.259. The van der Waals surface area contributed by atoms with E-state index in [1.165, 1.54) is 17.3 Å². The third-order valence-corrected chi connectivity index (χ3v) is 7.74. The van der Waals surface area contributed by atoms with Crippen LogP contribution in [0.3, 0.4) is 0 Å². The summed E-state index contributed by atoms with van der Waals surface area (Å²) in [6.07, 6.45) is 0.711. The largest absolute Gasteiger partial charge is 0.497 e. The predicted octanol–water partition coefficient (Wildman–Crippen LogP) is 5.80. The molecule has 0 fully saturated rings. The molecule has 0 aliphatic carbocycles. The standard InChI is InChI=1S/C30H30N4O3S/c1-18-5-7-22(8-6-18)26-16-25(21-9-11-24(37-4)12-10-21)33-34(26)30-32-29(36)27(38-30)17-28(35)31-23-14-19(2)13-20(3)15-23/h5-15,26-27H,16-17H2,1-4H3,(H,31,35)/t26-,27-/m0/s1. The molecule has 2 atom stereocenters. The molecule has 3 aromatic carbocycles. The summed E-state index contributed by atoms with van der Waals surface area (Å²) in [7, 11) is 1.64. The van der Waals surface area contributed by atoms with Gasteiger partial charge in [-0.3, -0.25) is 9.59 Å². The van der Waals surface area contributed by atoms with Crippen molar-refractivity contribution in [2.75, 3.05) is 12.4 Å². The Hall–Kier alpha value is -3.91. The summed E-state index contributed by atoms with van der Waals surface area (Å²) >= 11 is 1.30. The lowest BCUT2D eigenvalue weighted by molar-refractivity contribution is -0.121. The Labute approximate surface area is 227 Å². The molecule has 2 amide bonds. The summed E-state index contributed by atoms with van der Waals surface area (Å²) in [5.41, 5.74) is 7.03. The number of methoxy groups -OCH3 is 1. The maximum atomic E-state index is 12.9. The smallest absolute Gasteiger partial charge is 0.262 e. The maximum absolute atomic E-state index is 12.9. The molecule has 0 unspecified atom stereocenters. The van der Waals surface area contributed by atoms with Crippen molar-refractivity contribution in [1.82, 2.24) is 5.01 Å². The highest BCUT2D eigenvalue weighted by molar-refractivity contribution is 8.15. The van der Waals surface area contributed by atoms with Crippen molar-refractivity contribution in [3.8, 4) is 5.75 Å². The summed E-state index contributed by atoms with van der Waals surface area (Å²) in [6, 6.07) is 21.9. The number of anilines is 1. The molecule has 194 valence electrons. The fourth-order valence-electron chi connectivity index (χ4n) is 4.72. The first-order chi connectivity index (χ1) is 18.3. The molecule has 0 radical (unpaired) electrons. The van der Waals surface area contributed by atoms with Crippen LogP contribution < -0.4 is 10.1 Å². The Bertz CT molecular complexity index is 1410. The van der Waals surface area contributed by atoms with Gasteiger partial charge in [-0.1, -0.05) is 47.7 Å². The molecule has 3 aromatic rings. The van der Waals surface area contributed by atoms with Crippen LogP contribution in [-0.2, 0) is 9.59 Å². The number of hydrazone groups is 1. The van der Waals surface area contributed by atoms with Crippen LogP contribution in [0.1, 0.15) is 46.7 Å². The number of aryl methyl sites for hydroxylation is 3.